The molecule has 2 heterocycles. The Morgan fingerprint density at radius 3 is 2.63 bits per heavy atom. The average Bonchev–Trinajstić information content (AvgIpc) is 3.08. The van der Waals surface area contributed by atoms with Crippen LogP contribution in [0, 0.1) is 12.7 Å². The summed E-state index contributed by atoms with van der Waals surface area (Å²) in [6.45, 7) is 1.84. The van der Waals surface area contributed by atoms with Gasteiger partial charge in [0.05, 0.1) is 5.69 Å². The first kappa shape index (κ1) is 19.0. The standard InChI is InChI=1S/C21H18FN3O.ClH/c1-13-10-11-17(22)19(24-13)12-18(23)14-6-2-3-7-15(14)21-16-8-4-5-9-20(16)26-25-21;/h2-11,18H,12,23H2,1H3;1H. The van der Waals surface area contributed by atoms with Crippen molar-refractivity contribution in [2.45, 2.75) is 19.4 Å². The van der Waals surface area contributed by atoms with Gasteiger partial charge in [-0.25, -0.2) is 4.39 Å². The number of para-hydroxylation sites is 1. The van der Waals surface area contributed by atoms with Crippen molar-refractivity contribution in [3.05, 3.63) is 83.4 Å². The molecule has 0 bridgehead atoms. The van der Waals surface area contributed by atoms with Crippen LogP contribution in [0.3, 0.4) is 0 Å². The van der Waals surface area contributed by atoms with Gasteiger partial charge in [0.1, 0.15) is 11.5 Å². The molecule has 1 atom stereocenters. The quantitative estimate of drug-likeness (QED) is 0.538. The fourth-order valence-corrected chi connectivity index (χ4v) is 3.17. The van der Waals surface area contributed by atoms with Crippen molar-refractivity contribution in [1.29, 1.82) is 0 Å². The van der Waals surface area contributed by atoms with E-state index in [1.54, 1.807) is 6.07 Å². The summed E-state index contributed by atoms with van der Waals surface area (Å²) < 4.78 is 19.5. The second-order valence-corrected chi connectivity index (χ2v) is 6.31. The molecule has 0 amide bonds. The fraction of sp³-hybridized carbons (Fsp3) is 0.143. The highest BCUT2D eigenvalue weighted by Gasteiger charge is 2.19. The van der Waals surface area contributed by atoms with E-state index in [1.165, 1.54) is 6.07 Å². The number of halogens is 2. The maximum absolute atomic E-state index is 14.1. The number of fused-ring (bicyclic) bond motifs is 1. The molecule has 2 aromatic heterocycles. The molecule has 2 N–H and O–H groups in total. The summed E-state index contributed by atoms with van der Waals surface area (Å²) in [6.07, 6.45) is 0.306. The van der Waals surface area contributed by atoms with Crippen molar-refractivity contribution in [3.63, 3.8) is 0 Å². The van der Waals surface area contributed by atoms with Gasteiger partial charge in [0.15, 0.2) is 5.58 Å². The maximum Gasteiger partial charge on any atom is 0.167 e. The Bertz CT molecular complexity index is 1080. The molecular weight excluding hydrogens is 365 g/mol. The normalized spacial score (nSPS) is 12.0. The largest absolute Gasteiger partial charge is 0.356 e. The van der Waals surface area contributed by atoms with Crippen LogP contribution < -0.4 is 5.73 Å². The number of nitrogens with zero attached hydrogens (tertiary/aromatic N) is 2. The lowest BCUT2D eigenvalue weighted by Crippen LogP contribution is -2.16. The van der Waals surface area contributed by atoms with Crippen LogP contribution in [-0.4, -0.2) is 10.1 Å². The van der Waals surface area contributed by atoms with E-state index in [1.807, 2.05) is 55.5 Å². The summed E-state index contributed by atoms with van der Waals surface area (Å²) in [7, 11) is 0. The highest BCUT2D eigenvalue weighted by Crippen LogP contribution is 2.33. The third-order valence-electron chi connectivity index (χ3n) is 4.46. The molecule has 0 aliphatic carbocycles. The van der Waals surface area contributed by atoms with Gasteiger partial charge in [-0.2, -0.15) is 0 Å². The molecule has 4 aromatic rings. The van der Waals surface area contributed by atoms with Gasteiger partial charge in [0.25, 0.3) is 0 Å². The zero-order chi connectivity index (χ0) is 18.1. The molecule has 4 nitrogen and oxygen atoms in total. The molecule has 4 rings (SSSR count). The Hall–Kier alpha value is -2.76. The van der Waals surface area contributed by atoms with Crippen LogP contribution in [0.4, 0.5) is 4.39 Å². The second-order valence-electron chi connectivity index (χ2n) is 6.31. The minimum atomic E-state index is -0.412. The van der Waals surface area contributed by atoms with Gasteiger partial charge in [-0.15, -0.1) is 12.4 Å². The smallest absolute Gasteiger partial charge is 0.167 e. The zero-order valence-electron chi connectivity index (χ0n) is 14.7. The Balaban J connectivity index is 0.00000210. The molecule has 0 saturated carbocycles. The number of pyridine rings is 1. The first-order valence-corrected chi connectivity index (χ1v) is 8.45. The molecule has 6 heteroatoms. The van der Waals surface area contributed by atoms with Gasteiger partial charge >= 0.3 is 0 Å². The van der Waals surface area contributed by atoms with E-state index in [0.717, 1.165) is 33.5 Å². The van der Waals surface area contributed by atoms with Crippen LogP contribution in [0.1, 0.15) is 23.0 Å². The number of nitrogens with two attached hydrogens (primary N) is 1. The predicted molar refractivity (Wildman–Crippen MR) is 106 cm³/mol. The van der Waals surface area contributed by atoms with E-state index in [9.17, 15) is 4.39 Å². The minimum Gasteiger partial charge on any atom is -0.356 e. The molecule has 0 aliphatic rings. The van der Waals surface area contributed by atoms with Crippen LogP contribution in [-0.2, 0) is 6.42 Å². The molecule has 0 radical (unpaired) electrons. The van der Waals surface area contributed by atoms with Crippen molar-refractivity contribution < 1.29 is 8.91 Å². The van der Waals surface area contributed by atoms with Crippen molar-refractivity contribution in [2.75, 3.05) is 0 Å². The SMILES string of the molecule is Cc1ccc(F)c(CC(N)c2ccccc2-c2noc3ccccc23)n1.Cl. The van der Waals surface area contributed by atoms with E-state index in [0.29, 0.717) is 12.1 Å². The lowest BCUT2D eigenvalue weighted by atomic mass is 9.94. The Morgan fingerprint density at radius 2 is 1.78 bits per heavy atom. The van der Waals surface area contributed by atoms with Crippen LogP contribution in [0.5, 0.6) is 0 Å². The van der Waals surface area contributed by atoms with Crippen LogP contribution in [0.15, 0.2) is 65.2 Å². The molecule has 0 fully saturated rings. The van der Waals surface area contributed by atoms with Gasteiger partial charge in [-0.1, -0.05) is 41.6 Å². The van der Waals surface area contributed by atoms with Gasteiger partial charge in [0, 0.05) is 29.1 Å². The summed E-state index contributed by atoms with van der Waals surface area (Å²) in [6, 6.07) is 18.1. The van der Waals surface area contributed by atoms with E-state index in [4.69, 9.17) is 10.3 Å². The topological polar surface area (TPSA) is 64.9 Å². The predicted octanol–water partition coefficient (Wildman–Crippen LogP) is 5.00. The lowest BCUT2D eigenvalue weighted by Gasteiger charge is -2.16. The van der Waals surface area contributed by atoms with E-state index in [-0.39, 0.29) is 18.2 Å². The monoisotopic (exact) mass is 383 g/mol. The van der Waals surface area contributed by atoms with Gasteiger partial charge < -0.3 is 10.3 Å². The Labute approximate surface area is 162 Å². The van der Waals surface area contributed by atoms with Crippen molar-refractivity contribution in [2.24, 2.45) is 5.73 Å². The molecule has 0 aliphatic heterocycles. The zero-order valence-corrected chi connectivity index (χ0v) is 15.5. The number of hydrogen-bond acceptors (Lipinski definition) is 4. The van der Waals surface area contributed by atoms with Crippen molar-refractivity contribution in [3.8, 4) is 11.3 Å². The van der Waals surface area contributed by atoms with Gasteiger partial charge in [-0.3, -0.25) is 4.98 Å². The molecular formula is C21H19ClFN3O. The third-order valence-corrected chi connectivity index (χ3v) is 4.46. The first-order valence-electron chi connectivity index (χ1n) is 8.45. The number of benzene rings is 2. The molecule has 0 saturated heterocycles. The van der Waals surface area contributed by atoms with Crippen molar-refractivity contribution >= 4 is 23.4 Å². The third kappa shape index (κ3) is 3.70. The summed E-state index contributed by atoms with van der Waals surface area (Å²) >= 11 is 0. The Kier molecular flexibility index (Phi) is 5.54. The molecule has 27 heavy (non-hydrogen) atoms. The number of rotatable bonds is 4. The van der Waals surface area contributed by atoms with Crippen LogP contribution in [0.25, 0.3) is 22.2 Å². The highest BCUT2D eigenvalue weighted by atomic mass is 35.5. The summed E-state index contributed by atoms with van der Waals surface area (Å²) in [5.74, 6) is -0.338. The first-order chi connectivity index (χ1) is 12.6. The van der Waals surface area contributed by atoms with E-state index < -0.39 is 6.04 Å². The summed E-state index contributed by atoms with van der Waals surface area (Å²) in [5, 5.41) is 5.15. The van der Waals surface area contributed by atoms with E-state index >= 15 is 0 Å². The van der Waals surface area contributed by atoms with Gasteiger partial charge in [0.2, 0.25) is 0 Å². The lowest BCUT2D eigenvalue weighted by molar-refractivity contribution is 0.459. The summed E-state index contributed by atoms with van der Waals surface area (Å²) in [4.78, 5) is 4.29. The highest BCUT2D eigenvalue weighted by molar-refractivity contribution is 5.92. The molecule has 138 valence electrons. The van der Waals surface area contributed by atoms with Crippen molar-refractivity contribution in [1.82, 2.24) is 10.1 Å². The number of aryl methyl sites for hydroxylation is 1. The molecule has 0 spiro atoms. The maximum atomic E-state index is 14.1. The van der Waals surface area contributed by atoms with Crippen LogP contribution in [0.2, 0.25) is 0 Å². The number of aromatic nitrogens is 2. The Morgan fingerprint density at radius 1 is 1.04 bits per heavy atom. The number of hydrogen-bond donors (Lipinski definition) is 1. The minimum absolute atomic E-state index is 0. The van der Waals surface area contributed by atoms with Crippen LogP contribution >= 0.6 is 12.4 Å². The van der Waals surface area contributed by atoms with E-state index in [2.05, 4.69) is 10.1 Å². The van der Waals surface area contributed by atoms with Gasteiger partial charge in [-0.05, 0) is 36.8 Å². The molecule has 1 unspecified atom stereocenters. The summed E-state index contributed by atoms with van der Waals surface area (Å²) in [5.41, 5.74) is 10.8. The fourth-order valence-electron chi connectivity index (χ4n) is 3.17. The molecule has 2 aromatic carbocycles. The second kappa shape index (κ2) is 7.86. The average molecular weight is 384 g/mol.